The predicted octanol–water partition coefficient (Wildman–Crippen LogP) is 3.58. The van der Waals surface area contributed by atoms with E-state index in [9.17, 15) is 13.2 Å². The Kier molecular flexibility index (Phi) is 4.11. The lowest BCUT2D eigenvalue weighted by Crippen LogP contribution is -2.37. The molecular weight excluding hydrogens is 253 g/mol. The van der Waals surface area contributed by atoms with Crippen molar-refractivity contribution in [3.05, 3.63) is 35.4 Å². The number of nitrogens with zero attached hydrogens (tertiary/aromatic N) is 2. The summed E-state index contributed by atoms with van der Waals surface area (Å²) >= 11 is 0. The van der Waals surface area contributed by atoms with Gasteiger partial charge in [0.2, 0.25) is 0 Å². The van der Waals surface area contributed by atoms with Crippen LogP contribution in [0.3, 0.4) is 0 Å². The first-order valence-corrected chi connectivity index (χ1v) is 6.30. The third-order valence-corrected chi connectivity index (χ3v) is 3.40. The molecule has 1 aliphatic rings. The number of alkyl halides is 3. The van der Waals surface area contributed by atoms with Gasteiger partial charge >= 0.3 is 6.18 Å². The summed E-state index contributed by atoms with van der Waals surface area (Å²) in [5.74, 6) is 0. The molecule has 1 saturated heterocycles. The highest BCUT2D eigenvalue weighted by atomic mass is 19.4. The summed E-state index contributed by atoms with van der Waals surface area (Å²) in [6.45, 7) is 1.18. The van der Waals surface area contributed by atoms with Crippen LogP contribution in [-0.4, -0.2) is 17.5 Å². The number of hydrogen-bond acceptors (Lipinski definition) is 2. The molecule has 1 aromatic rings. The molecule has 5 heteroatoms. The molecule has 0 aliphatic carbocycles. The first-order chi connectivity index (χ1) is 9.00. The van der Waals surface area contributed by atoms with E-state index in [2.05, 4.69) is 6.07 Å². The SMILES string of the molecule is N#CC1CCCCN1Cc1cccc(C(F)(F)F)c1. The fourth-order valence-corrected chi connectivity index (χ4v) is 2.41. The summed E-state index contributed by atoms with van der Waals surface area (Å²) in [5, 5.41) is 9.05. The molecule has 1 aliphatic heterocycles. The van der Waals surface area contributed by atoms with Gasteiger partial charge in [0.05, 0.1) is 17.7 Å². The van der Waals surface area contributed by atoms with Crippen LogP contribution < -0.4 is 0 Å². The first kappa shape index (κ1) is 13.9. The van der Waals surface area contributed by atoms with Crippen LogP contribution in [0.4, 0.5) is 13.2 Å². The number of halogens is 3. The molecule has 1 fully saturated rings. The number of piperidine rings is 1. The highest BCUT2D eigenvalue weighted by Gasteiger charge is 2.30. The average molecular weight is 268 g/mol. The fraction of sp³-hybridized carbons (Fsp3) is 0.500. The molecule has 2 nitrogen and oxygen atoms in total. The van der Waals surface area contributed by atoms with Crippen molar-refractivity contribution in [1.82, 2.24) is 4.90 Å². The third kappa shape index (κ3) is 3.48. The Bertz CT molecular complexity index is 476. The van der Waals surface area contributed by atoms with E-state index in [1.807, 2.05) is 4.90 Å². The number of benzene rings is 1. The number of hydrogen-bond donors (Lipinski definition) is 0. The summed E-state index contributed by atoms with van der Waals surface area (Å²) < 4.78 is 37.9. The molecule has 0 spiro atoms. The van der Waals surface area contributed by atoms with E-state index in [1.54, 1.807) is 6.07 Å². The molecule has 102 valence electrons. The second kappa shape index (κ2) is 5.62. The lowest BCUT2D eigenvalue weighted by atomic mass is 10.0. The van der Waals surface area contributed by atoms with Crippen LogP contribution in [0.15, 0.2) is 24.3 Å². The zero-order valence-corrected chi connectivity index (χ0v) is 10.5. The van der Waals surface area contributed by atoms with Gasteiger partial charge in [0, 0.05) is 6.54 Å². The van der Waals surface area contributed by atoms with Crippen molar-refractivity contribution in [2.75, 3.05) is 6.54 Å². The van der Waals surface area contributed by atoms with Crippen molar-refractivity contribution < 1.29 is 13.2 Å². The van der Waals surface area contributed by atoms with Gasteiger partial charge in [0.25, 0.3) is 0 Å². The van der Waals surface area contributed by atoms with E-state index in [0.29, 0.717) is 12.1 Å². The van der Waals surface area contributed by atoms with Crippen LogP contribution in [-0.2, 0) is 12.7 Å². The number of rotatable bonds is 2. The highest BCUT2D eigenvalue weighted by Crippen LogP contribution is 2.30. The Morgan fingerprint density at radius 3 is 2.79 bits per heavy atom. The largest absolute Gasteiger partial charge is 0.416 e. The summed E-state index contributed by atoms with van der Waals surface area (Å²) in [6.07, 6.45) is -1.50. The molecule has 0 radical (unpaired) electrons. The smallest absolute Gasteiger partial charge is 0.284 e. The molecule has 0 bridgehead atoms. The summed E-state index contributed by atoms with van der Waals surface area (Å²) in [6, 6.07) is 7.38. The minimum absolute atomic E-state index is 0.178. The third-order valence-electron chi connectivity index (χ3n) is 3.40. The van der Waals surface area contributed by atoms with Crippen molar-refractivity contribution in [3.63, 3.8) is 0 Å². The summed E-state index contributed by atoms with van der Waals surface area (Å²) in [4.78, 5) is 1.96. The van der Waals surface area contributed by atoms with Crippen molar-refractivity contribution in [2.45, 2.75) is 38.0 Å². The van der Waals surface area contributed by atoms with Gasteiger partial charge < -0.3 is 0 Å². The zero-order valence-electron chi connectivity index (χ0n) is 10.5. The van der Waals surface area contributed by atoms with Crippen LogP contribution in [0.1, 0.15) is 30.4 Å². The van der Waals surface area contributed by atoms with Gasteiger partial charge in [-0.2, -0.15) is 18.4 Å². The topological polar surface area (TPSA) is 27.0 Å². The van der Waals surface area contributed by atoms with Crippen molar-refractivity contribution >= 4 is 0 Å². The monoisotopic (exact) mass is 268 g/mol. The van der Waals surface area contributed by atoms with E-state index >= 15 is 0 Å². The fourth-order valence-electron chi connectivity index (χ4n) is 2.41. The van der Waals surface area contributed by atoms with Gasteiger partial charge in [0.15, 0.2) is 0 Å². The van der Waals surface area contributed by atoms with Gasteiger partial charge in [-0.15, -0.1) is 0 Å². The molecule has 1 unspecified atom stereocenters. The van der Waals surface area contributed by atoms with E-state index in [1.165, 1.54) is 12.1 Å². The van der Waals surface area contributed by atoms with Gasteiger partial charge in [0.1, 0.15) is 0 Å². The van der Waals surface area contributed by atoms with Crippen molar-refractivity contribution in [1.29, 1.82) is 5.26 Å². The van der Waals surface area contributed by atoms with Crippen LogP contribution in [0, 0.1) is 11.3 Å². The molecule has 19 heavy (non-hydrogen) atoms. The van der Waals surface area contributed by atoms with E-state index in [4.69, 9.17) is 5.26 Å². The zero-order chi connectivity index (χ0) is 13.9. The standard InChI is InChI=1S/C14H15F3N2/c15-14(16,17)12-5-3-4-11(8-12)10-19-7-2-1-6-13(19)9-18/h3-5,8,13H,1-2,6-7,10H2. The Morgan fingerprint density at radius 1 is 1.32 bits per heavy atom. The summed E-state index contributed by atoms with van der Waals surface area (Å²) in [7, 11) is 0. The Balaban J connectivity index is 2.12. The molecule has 0 N–H and O–H groups in total. The quantitative estimate of drug-likeness (QED) is 0.819. The molecule has 2 rings (SSSR count). The Morgan fingerprint density at radius 2 is 2.11 bits per heavy atom. The molecule has 1 aromatic carbocycles. The van der Waals surface area contributed by atoms with Gasteiger partial charge in [-0.25, -0.2) is 0 Å². The number of nitriles is 1. The van der Waals surface area contributed by atoms with Gasteiger partial charge in [-0.1, -0.05) is 18.2 Å². The maximum atomic E-state index is 12.6. The van der Waals surface area contributed by atoms with Crippen LogP contribution in [0.25, 0.3) is 0 Å². The second-order valence-electron chi connectivity index (χ2n) is 4.81. The Labute approximate surface area is 110 Å². The predicted molar refractivity (Wildman–Crippen MR) is 65.1 cm³/mol. The van der Waals surface area contributed by atoms with Crippen molar-refractivity contribution in [3.8, 4) is 6.07 Å². The maximum Gasteiger partial charge on any atom is 0.416 e. The molecule has 0 amide bonds. The first-order valence-electron chi connectivity index (χ1n) is 6.30. The van der Waals surface area contributed by atoms with Gasteiger partial charge in [-0.05, 0) is 37.4 Å². The molecule has 1 heterocycles. The van der Waals surface area contributed by atoms with Crippen molar-refractivity contribution in [2.24, 2.45) is 0 Å². The lowest BCUT2D eigenvalue weighted by Gasteiger charge is -2.31. The average Bonchev–Trinajstić information content (AvgIpc) is 2.39. The normalized spacial score (nSPS) is 21.1. The lowest BCUT2D eigenvalue weighted by molar-refractivity contribution is -0.137. The van der Waals surface area contributed by atoms with Crippen LogP contribution >= 0.6 is 0 Å². The van der Waals surface area contributed by atoms with E-state index in [-0.39, 0.29) is 6.04 Å². The highest BCUT2D eigenvalue weighted by molar-refractivity contribution is 5.25. The maximum absolute atomic E-state index is 12.6. The second-order valence-corrected chi connectivity index (χ2v) is 4.81. The Hall–Kier alpha value is -1.54. The minimum Gasteiger partial charge on any atom is -0.284 e. The molecule has 1 atom stereocenters. The molecule has 0 saturated carbocycles. The number of likely N-dealkylation sites (tertiary alicyclic amines) is 1. The van der Waals surface area contributed by atoms with E-state index < -0.39 is 11.7 Å². The van der Waals surface area contributed by atoms with Crippen LogP contribution in [0.2, 0.25) is 0 Å². The summed E-state index contributed by atoms with van der Waals surface area (Å²) in [5.41, 5.74) is -0.0208. The molecular formula is C14H15F3N2. The molecule has 0 aromatic heterocycles. The van der Waals surface area contributed by atoms with Gasteiger partial charge in [-0.3, -0.25) is 4.90 Å². The minimum atomic E-state index is -4.31. The van der Waals surface area contributed by atoms with E-state index in [0.717, 1.165) is 31.9 Å². The van der Waals surface area contributed by atoms with Crippen LogP contribution in [0.5, 0.6) is 0 Å².